The molecule has 0 aliphatic heterocycles. The van der Waals surface area contributed by atoms with E-state index in [2.05, 4.69) is 0 Å². The van der Waals surface area contributed by atoms with Crippen molar-refractivity contribution in [2.75, 3.05) is 12.5 Å². The highest BCUT2D eigenvalue weighted by atomic mass is 32.2. The summed E-state index contributed by atoms with van der Waals surface area (Å²) in [6, 6.07) is 10.7. The largest absolute Gasteiger partial charge is 0.463 e. The van der Waals surface area contributed by atoms with Crippen LogP contribution in [0.15, 0.2) is 57.9 Å². The number of fused-ring (bicyclic) bond motifs is 1. The molecule has 142 valence electrons. The minimum Gasteiger partial charge on any atom is -0.463 e. The molecule has 0 aliphatic rings. The molecular weight excluding hydrogens is 392 g/mol. The highest BCUT2D eigenvalue weighted by Crippen LogP contribution is 2.24. The molecule has 7 nitrogen and oxygen atoms in total. The fourth-order valence-electron chi connectivity index (χ4n) is 2.62. The third-order valence-corrected chi connectivity index (χ3v) is 5.04. The van der Waals surface area contributed by atoms with Crippen molar-refractivity contribution in [2.45, 2.75) is 5.75 Å². The first-order chi connectivity index (χ1) is 12.5. The van der Waals surface area contributed by atoms with Gasteiger partial charge in [-0.1, -0.05) is 24.3 Å². The Kier molecular flexibility index (Phi) is 4.83. The second-order valence-corrected chi connectivity index (χ2v) is 9.91. The van der Waals surface area contributed by atoms with Crippen LogP contribution in [0.2, 0.25) is 0 Å². The Hall–Kier alpha value is -2.65. The molecule has 0 aliphatic carbocycles. The summed E-state index contributed by atoms with van der Waals surface area (Å²) in [5.74, 6) is -0.0334. The van der Waals surface area contributed by atoms with Gasteiger partial charge in [0.05, 0.1) is 23.0 Å². The molecule has 0 unspecified atom stereocenters. The second-order valence-electron chi connectivity index (χ2n) is 6.19. The van der Waals surface area contributed by atoms with Crippen LogP contribution in [0.4, 0.5) is 0 Å². The van der Waals surface area contributed by atoms with Crippen LogP contribution in [0.5, 0.6) is 5.75 Å². The number of hydrogen-bond acceptors (Lipinski definition) is 7. The minimum absolute atomic E-state index is 0.0472. The Balaban J connectivity index is 2.00. The fourth-order valence-corrected chi connectivity index (χ4v) is 3.87. The summed E-state index contributed by atoms with van der Waals surface area (Å²) in [6.07, 6.45) is 3.35. The van der Waals surface area contributed by atoms with Crippen molar-refractivity contribution in [3.05, 3.63) is 64.5 Å². The molecule has 0 saturated heterocycles. The van der Waals surface area contributed by atoms with Crippen LogP contribution in [-0.2, 0) is 25.7 Å². The molecule has 0 spiro atoms. The van der Waals surface area contributed by atoms with Gasteiger partial charge in [-0.25, -0.2) is 8.42 Å². The van der Waals surface area contributed by atoms with Gasteiger partial charge in [-0.3, -0.25) is 4.79 Å². The fraction of sp³-hybridized carbons (Fsp3) is 0.167. The summed E-state index contributed by atoms with van der Waals surface area (Å²) < 4.78 is 55.4. The molecule has 3 rings (SSSR count). The molecule has 0 N–H and O–H groups in total. The van der Waals surface area contributed by atoms with Crippen LogP contribution in [0.25, 0.3) is 22.1 Å². The van der Waals surface area contributed by atoms with Crippen LogP contribution in [0.1, 0.15) is 5.56 Å². The van der Waals surface area contributed by atoms with Gasteiger partial charge in [0.2, 0.25) is 0 Å². The smallest absolute Gasteiger partial charge is 0.306 e. The molecule has 0 atom stereocenters. The van der Waals surface area contributed by atoms with Crippen molar-refractivity contribution >= 4 is 30.9 Å². The maximum atomic E-state index is 12.7. The van der Waals surface area contributed by atoms with E-state index in [4.69, 9.17) is 8.60 Å². The van der Waals surface area contributed by atoms with E-state index < -0.39 is 20.0 Å². The second kappa shape index (κ2) is 6.82. The number of rotatable bonds is 5. The summed E-state index contributed by atoms with van der Waals surface area (Å²) in [4.78, 5) is 12.7. The van der Waals surface area contributed by atoms with Gasteiger partial charge in [0.25, 0.3) is 0 Å². The van der Waals surface area contributed by atoms with Gasteiger partial charge in [0, 0.05) is 12.3 Å². The quantitative estimate of drug-likeness (QED) is 0.596. The topological polar surface area (TPSA) is 108 Å². The number of benzene rings is 2. The highest BCUT2D eigenvalue weighted by Gasteiger charge is 2.12. The predicted molar refractivity (Wildman–Crippen MR) is 102 cm³/mol. The van der Waals surface area contributed by atoms with Crippen LogP contribution < -0.4 is 9.61 Å². The zero-order valence-corrected chi connectivity index (χ0v) is 16.1. The van der Waals surface area contributed by atoms with Crippen molar-refractivity contribution < 1.29 is 25.4 Å². The third-order valence-electron chi connectivity index (χ3n) is 3.69. The van der Waals surface area contributed by atoms with E-state index in [1.54, 1.807) is 24.3 Å². The molecule has 0 amide bonds. The molecule has 1 heterocycles. The highest BCUT2D eigenvalue weighted by molar-refractivity contribution is 7.89. The maximum Gasteiger partial charge on any atom is 0.306 e. The van der Waals surface area contributed by atoms with Gasteiger partial charge in [0.1, 0.15) is 17.6 Å². The third kappa shape index (κ3) is 4.75. The lowest BCUT2D eigenvalue weighted by molar-refractivity contribution is 0.492. The monoisotopic (exact) mass is 408 g/mol. The molecule has 0 saturated carbocycles. The Morgan fingerprint density at radius 2 is 1.63 bits per heavy atom. The molecule has 9 heteroatoms. The zero-order valence-electron chi connectivity index (χ0n) is 14.5. The van der Waals surface area contributed by atoms with Gasteiger partial charge in [0.15, 0.2) is 15.3 Å². The van der Waals surface area contributed by atoms with Crippen LogP contribution >= 0.6 is 0 Å². The van der Waals surface area contributed by atoms with E-state index in [0.717, 1.165) is 12.5 Å². The molecule has 1 aromatic heterocycles. The van der Waals surface area contributed by atoms with E-state index in [1.165, 1.54) is 24.5 Å². The Bertz CT molecular complexity index is 1270. The summed E-state index contributed by atoms with van der Waals surface area (Å²) in [5.41, 5.74) is 1.41. The molecular formula is C18H16O7S2. The lowest BCUT2D eigenvalue weighted by Gasteiger charge is -2.06. The summed E-state index contributed by atoms with van der Waals surface area (Å²) >= 11 is 0. The van der Waals surface area contributed by atoms with E-state index in [1.807, 2.05) is 0 Å². The van der Waals surface area contributed by atoms with Crippen molar-refractivity contribution in [1.29, 1.82) is 0 Å². The number of hydrogen-bond donors (Lipinski definition) is 0. The SMILES string of the molecule is CS(=O)(=O)Cc1ccc(-c2coc3cc(OS(C)(=O)=O)ccc3c2=O)cc1. The van der Waals surface area contributed by atoms with Crippen LogP contribution in [-0.4, -0.2) is 29.3 Å². The average molecular weight is 408 g/mol. The normalized spacial score (nSPS) is 12.2. The predicted octanol–water partition coefficient (Wildman–Crippen LogP) is 2.34. The molecule has 27 heavy (non-hydrogen) atoms. The first-order valence-corrected chi connectivity index (χ1v) is 11.6. The molecule has 2 aromatic carbocycles. The first-order valence-electron chi connectivity index (χ1n) is 7.74. The van der Waals surface area contributed by atoms with Crippen LogP contribution in [0, 0.1) is 0 Å². The van der Waals surface area contributed by atoms with Gasteiger partial charge in [-0.05, 0) is 23.3 Å². The van der Waals surface area contributed by atoms with Gasteiger partial charge >= 0.3 is 10.1 Å². The van der Waals surface area contributed by atoms with E-state index in [-0.39, 0.29) is 27.9 Å². The van der Waals surface area contributed by atoms with Gasteiger partial charge in [-0.15, -0.1) is 0 Å². The van der Waals surface area contributed by atoms with Crippen molar-refractivity contribution in [1.82, 2.24) is 0 Å². The summed E-state index contributed by atoms with van der Waals surface area (Å²) in [5, 5.41) is 0.272. The Morgan fingerprint density at radius 3 is 2.22 bits per heavy atom. The van der Waals surface area contributed by atoms with E-state index in [9.17, 15) is 21.6 Å². The molecule has 0 radical (unpaired) electrons. The minimum atomic E-state index is -3.69. The van der Waals surface area contributed by atoms with Gasteiger partial charge in [-0.2, -0.15) is 8.42 Å². The lowest BCUT2D eigenvalue weighted by atomic mass is 10.0. The summed E-state index contributed by atoms with van der Waals surface area (Å²) in [6.45, 7) is 0. The van der Waals surface area contributed by atoms with E-state index >= 15 is 0 Å². The molecule has 0 fully saturated rings. The maximum absolute atomic E-state index is 12.7. The Morgan fingerprint density at radius 1 is 0.963 bits per heavy atom. The standard InChI is InChI=1S/C18H16O7S2/c1-26(20,21)11-12-3-5-13(6-4-12)16-10-24-17-9-14(25-27(2,22)23)7-8-15(17)18(16)19/h3-10H,11H2,1-2H3. The molecule has 3 aromatic rings. The average Bonchev–Trinajstić information content (AvgIpc) is 2.53. The van der Waals surface area contributed by atoms with Crippen LogP contribution in [0.3, 0.4) is 0 Å². The summed E-state index contributed by atoms with van der Waals surface area (Å²) in [7, 11) is -6.83. The zero-order chi connectivity index (χ0) is 19.8. The van der Waals surface area contributed by atoms with Gasteiger partial charge < -0.3 is 8.60 Å². The van der Waals surface area contributed by atoms with Crippen molar-refractivity contribution in [3.63, 3.8) is 0 Å². The Labute approximate surface area is 156 Å². The van der Waals surface area contributed by atoms with E-state index in [0.29, 0.717) is 16.7 Å². The number of sulfone groups is 1. The lowest BCUT2D eigenvalue weighted by Crippen LogP contribution is -2.07. The van der Waals surface area contributed by atoms with Crippen molar-refractivity contribution in [2.24, 2.45) is 0 Å². The van der Waals surface area contributed by atoms with Crippen molar-refractivity contribution in [3.8, 4) is 16.9 Å². The first kappa shape index (κ1) is 19.1. The molecule has 0 bridgehead atoms.